The van der Waals surface area contributed by atoms with Crippen LogP contribution in [-0.2, 0) is 0 Å². The van der Waals surface area contributed by atoms with Crippen LogP contribution in [0.1, 0.15) is 30.6 Å². The first kappa shape index (κ1) is 15.0. The first-order valence-corrected chi connectivity index (χ1v) is 7.02. The second kappa shape index (κ2) is 6.83. The Labute approximate surface area is 124 Å². The van der Waals surface area contributed by atoms with Crippen molar-refractivity contribution < 1.29 is 4.79 Å². The number of nitrogen functional groups attached to an aromatic ring is 1. The van der Waals surface area contributed by atoms with Crippen LogP contribution in [0.5, 0.6) is 0 Å². The van der Waals surface area contributed by atoms with Crippen molar-refractivity contribution in [2.24, 2.45) is 5.92 Å². The Bertz CT molecular complexity index is 611. The normalized spacial score (nSPS) is 10.6. The van der Waals surface area contributed by atoms with Crippen molar-refractivity contribution in [2.45, 2.75) is 20.3 Å². The Morgan fingerprint density at radius 1 is 1.33 bits per heavy atom. The largest absolute Gasteiger partial charge is 0.396 e. The molecule has 5 nitrogen and oxygen atoms in total. The van der Waals surface area contributed by atoms with Crippen LogP contribution in [0.25, 0.3) is 11.3 Å². The number of carbonyl (C=O) groups excluding carboxylic acids is 1. The minimum Gasteiger partial charge on any atom is -0.396 e. The summed E-state index contributed by atoms with van der Waals surface area (Å²) in [5.41, 5.74) is 8.31. The van der Waals surface area contributed by atoms with Crippen molar-refractivity contribution in [3.8, 4) is 11.3 Å². The van der Waals surface area contributed by atoms with Crippen LogP contribution in [0, 0.1) is 5.92 Å². The predicted octanol–water partition coefficient (Wildman–Crippen LogP) is 2.50. The van der Waals surface area contributed by atoms with E-state index >= 15 is 0 Å². The fourth-order valence-electron chi connectivity index (χ4n) is 1.97. The van der Waals surface area contributed by atoms with Gasteiger partial charge in [0.2, 0.25) is 0 Å². The van der Waals surface area contributed by atoms with E-state index in [1.807, 2.05) is 12.1 Å². The molecule has 0 aromatic carbocycles. The highest BCUT2D eigenvalue weighted by Crippen LogP contribution is 2.25. The van der Waals surface area contributed by atoms with E-state index in [0.29, 0.717) is 29.4 Å². The van der Waals surface area contributed by atoms with E-state index in [1.54, 1.807) is 24.7 Å². The summed E-state index contributed by atoms with van der Waals surface area (Å²) in [5.74, 6) is 0.381. The van der Waals surface area contributed by atoms with Gasteiger partial charge >= 0.3 is 0 Å². The van der Waals surface area contributed by atoms with Gasteiger partial charge in [-0.15, -0.1) is 0 Å². The third-order valence-electron chi connectivity index (χ3n) is 3.18. The summed E-state index contributed by atoms with van der Waals surface area (Å²) in [6, 6.07) is 5.32. The highest BCUT2D eigenvalue weighted by Gasteiger charge is 2.14. The van der Waals surface area contributed by atoms with E-state index in [2.05, 4.69) is 29.1 Å². The molecule has 3 N–H and O–H groups in total. The van der Waals surface area contributed by atoms with Crippen LogP contribution in [0.3, 0.4) is 0 Å². The molecule has 0 atom stereocenters. The van der Waals surface area contributed by atoms with Gasteiger partial charge in [0.25, 0.3) is 5.91 Å². The van der Waals surface area contributed by atoms with Gasteiger partial charge in [0.15, 0.2) is 0 Å². The predicted molar refractivity (Wildman–Crippen MR) is 83.7 cm³/mol. The average Bonchev–Trinajstić information content (AvgIpc) is 2.48. The van der Waals surface area contributed by atoms with Crippen molar-refractivity contribution in [1.29, 1.82) is 0 Å². The summed E-state index contributed by atoms with van der Waals surface area (Å²) < 4.78 is 0. The Morgan fingerprint density at radius 2 is 2.14 bits per heavy atom. The maximum absolute atomic E-state index is 12.2. The van der Waals surface area contributed by atoms with E-state index in [-0.39, 0.29) is 5.91 Å². The van der Waals surface area contributed by atoms with Gasteiger partial charge in [0.1, 0.15) is 0 Å². The van der Waals surface area contributed by atoms with Crippen molar-refractivity contribution >= 4 is 11.6 Å². The number of anilines is 1. The lowest BCUT2D eigenvalue weighted by Gasteiger charge is -2.11. The zero-order valence-electron chi connectivity index (χ0n) is 12.3. The highest BCUT2D eigenvalue weighted by atomic mass is 16.1. The molecule has 0 saturated carbocycles. The minimum absolute atomic E-state index is 0.166. The van der Waals surface area contributed by atoms with Crippen molar-refractivity contribution in [1.82, 2.24) is 15.3 Å². The smallest absolute Gasteiger partial charge is 0.253 e. The Morgan fingerprint density at radius 3 is 2.81 bits per heavy atom. The minimum atomic E-state index is -0.166. The molecule has 2 aromatic heterocycles. The number of aromatic nitrogens is 2. The number of hydrogen-bond acceptors (Lipinski definition) is 4. The molecule has 0 aliphatic heterocycles. The maximum Gasteiger partial charge on any atom is 0.253 e. The number of carbonyl (C=O) groups is 1. The third-order valence-corrected chi connectivity index (χ3v) is 3.18. The van der Waals surface area contributed by atoms with Crippen molar-refractivity contribution in [2.75, 3.05) is 12.3 Å². The van der Waals surface area contributed by atoms with E-state index in [0.717, 1.165) is 12.0 Å². The molecule has 0 radical (unpaired) electrons. The molecule has 0 unspecified atom stereocenters. The molecule has 0 aliphatic rings. The average molecular weight is 284 g/mol. The van der Waals surface area contributed by atoms with E-state index in [9.17, 15) is 4.79 Å². The zero-order chi connectivity index (χ0) is 15.2. The van der Waals surface area contributed by atoms with Gasteiger partial charge in [0.05, 0.1) is 16.9 Å². The Kier molecular flexibility index (Phi) is 4.87. The number of pyridine rings is 2. The van der Waals surface area contributed by atoms with Crippen LogP contribution >= 0.6 is 0 Å². The molecule has 2 aromatic rings. The molecule has 2 rings (SSSR count). The fraction of sp³-hybridized carbons (Fsp3) is 0.312. The second-order valence-electron chi connectivity index (χ2n) is 5.30. The lowest BCUT2D eigenvalue weighted by atomic mass is 10.1. The van der Waals surface area contributed by atoms with Crippen LogP contribution in [0.2, 0.25) is 0 Å². The fourth-order valence-corrected chi connectivity index (χ4v) is 1.97. The third kappa shape index (κ3) is 3.78. The number of rotatable bonds is 5. The quantitative estimate of drug-likeness (QED) is 0.884. The SMILES string of the molecule is CC(C)CCNC(=O)c1ccnc(-c2cccnc2)c1N. The zero-order valence-corrected chi connectivity index (χ0v) is 12.3. The van der Waals surface area contributed by atoms with Crippen LogP contribution in [0.4, 0.5) is 5.69 Å². The van der Waals surface area contributed by atoms with Gasteiger partial charge in [-0.1, -0.05) is 13.8 Å². The summed E-state index contributed by atoms with van der Waals surface area (Å²) in [6.45, 7) is 4.88. The first-order chi connectivity index (χ1) is 10.1. The van der Waals surface area contributed by atoms with Crippen LogP contribution in [0.15, 0.2) is 36.8 Å². The standard InChI is InChI=1S/C16H20N4O/c1-11(2)5-8-20-16(21)13-6-9-19-15(14(13)17)12-4-3-7-18-10-12/h3-4,6-7,9-11H,5,8,17H2,1-2H3,(H,20,21). The summed E-state index contributed by atoms with van der Waals surface area (Å²) >= 11 is 0. The summed E-state index contributed by atoms with van der Waals surface area (Å²) in [4.78, 5) is 20.5. The second-order valence-corrected chi connectivity index (χ2v) is 5.30. The van der Waals surface area contributed by atoms with Gasteiger partial charge in [0, 0.05) is 30.7 Å². The lowest BCUT2D eigenvalue weighted by molar-refractivity contribution is 0.0953. The lowest BCUT2D eigenvalue weighted by Crippen LogP contribution is -2.26. The number of nitrogens with two attached hydrogens (primary N) is 1. The Hall–Kier alpha value is -2.43. The Balaban J connectivity index is 2.20. The molecule has 2 heterocycles. The maximum atomic E-state index is 12.2. The summed E-state index contributed by atoms with van der Waals surface area (Å²) in [6.07, 6.45) is 5.89. The number of hydrogen-bond donors (Lipinski definition) is 2. The van der Waals surface area contributed by atoms with Crippen LogP contribution < -0.4 is 11.1 Å². The number of nitrogens with zero attached hydrogens (tertiary/aromatic N) is 2. The monoisotopic (exact) mass is 284 g/mol. The van der Waals surface area contributed by atoms with E-state index in [4.69, 9.17) is 5.73 Å². The molecule has 0 fully saturated rings. The van der Waals surface area contributed by atoms with Gasteiger partial charge in [-0.25, -0.2) is 0 Å². The molecule has 110 valence electrons. The molecular weight excluding hydrogens is 264 g/mol. The van der Waals surface area contributed by atoms with E-state index < -0.39 is 0 Å². The molecule has 1 amide bonds. The molecule has 0 spiro atoms. The molecular formula is C16H20N4O. The number of nitrogens with one attached hydrogen (secondary N) is 1. The van der Waals surface area contributed by atoms with Gasteiger partial charge in [-0.2, -0.15) is 0 Å². The van der Waals surface area contributed by atoms with Gasteiger partial charge < -0.3 is 11.1 Å². The topological polar surface area (TPSA) is 80.9 Å². The van der Waals surface area contributed by atoms with Crippen molar-refractivity contribution in [3.05, 3.63) is 42.4 Å². The highest BCUT2D eigenvalue weighted by molar-refractivity contribution is 6.01. The summed E-state index contributed by atoms with van der Waals surface area (Å²) in [7, 11) is 0. The van der Waals surface area contributed by atoms with Crippen LogP contribution in [-0.4, -0.2) is 22.4 Å². The molecule has 0 aliphatic carbocycles. The molecule has 21 heavy (non-hydrogen) atoms. The van der Waals surface area contributed by atoms with Gasteiger partial charge in [-0.3, -0.25) is 14.8 Å². The van der Waals surface area contributed by atoms with E-state index in [1.165, 1.54) is 0 Å². The van der Waals surface area contributed by atoms with Gasteiger partial charge in [-0.05, 0) is 30.5 Å². The summed E-state index contributed by atoms with van der Waals surface area (Å²) in [5, 5.41) is 2.89. The first-order valence-electron chi connectivity index (χ1n) is 7.02. The molecule has 0 bridgehead atoms. The number of amides is 1. The van der Waals surface area contributed by atoms with Crippen molar-refractivity contribution in [3.63, 3.8) is 0 Å². The molecule has 0 saturated heterocycles. The molecule has 5 heteroatoms.